The molecule has 78 valence electrons. The maximum absolute atomic E-state index is 11.1. The van der Waals surface area contributed by atoms with Gasteiger partial charge in [-0.05, 0) is 23.2 Å². The molecule has 0 atom stereocenters. The maximum atomic E-state index is 11.1. The van der Waals surface area contributed by atoms with Crippen molar-refractivity contribution in [3.05, 3.63) is 40.3 Å². The van der Waals surface area contributed by atoms with E-state index in [-0.39, 0.29) is 40.0 Å². The molecule has 0 saturated heterocycles. The van der Waals surface area contributed by atoms with Crippen LogP contribution < -0.4 is 34.7 Å². The molecule has 1 aromatic carbocycles. The number of carboxylic acid groups (broad SMARTS) is 1. The van der Waals surface area contributed by atoms with Gasteiger partial charge in [-0.1, -0.05) is 12.1 Å². The molecule has 16 heavy (non-hydrogen) atoms. The summed E-state index contributed by atoms with van der Waals surface area (Å²) in [4.78, 5) is 12.2. The Morgan fingerprint density at radius 1 is 1.31 bits per heavy atom. The Bertz CT molecular complexity index is 533. The summed E-state index contributed by atoms with van der Waals surface area (Å²) in [6.07, 6.45) is 0. The van der Waals surface area contributed by atoms with Crippen molar-refractivity contribution in [3.63, 3.8) is 0 Å². The van der Waals surface area contributed by atoms with E-state index in [1.807, 2.05) is 0 Å². The van der Waals surface area contributed by atoms with Gasteiger partial charge >= 0.3 is 29.6 Å². The van der Waals surface area contributed by atoms with E-state index in [1.54, 1.807) is 0 Å². The summed E-state index contributed by atoms with van der Waals surface area (Å²) in [7, 11) is -4.06. The van der Waals surface area contributed by atoms with Crippen LogP contribution in [-0.4, -0.2) is 14.4 Å². The second kappa shape index (κ2) is 5.88. The summed E-state index contributed by atoms with van der Waals surface area (Å²) in [5.74, 6) is -1.41. The Balaban J connectivity index is 0.00000225. The smallest absolute Gasteiger partial charge is 0.545 e. The first-order chi connectivity index (χ1) is 6.97. The van der Waals surface area contributed by atoms with Crippen LogP contribution in [0.25, 0.3) is 10.4 Å². The molecule has 0 N–H and O–H groups in total. The Morgan fingerprint density at radius 3 is 2.19 bits per heavy atom. The first kappa shape index (κ1) is 15.0. The number of azide groups is 1. The van der Waals surface area contributed by atoms with Gasteiger partial charge in [-0.15, -0.1) is 0 Å². The topological polar surface area (TPSA) is 123 Å². The molecule has 0 bridgehead atoms. The molecule has 7 nitrogen and oxygen atoms in total. The number of carboxylic acids is 1. The molecule has 0 amide bonds. The quantitative estimate of drug-likeness (QED) is 0.246. The molecule has 0 radical (unpaired) electrons. The Labute approximate surface area is 113 Å². The van der Waals surface area contributed by atoms with E-state index < -0.39 is 16.0 Å². The Kier molecular flexibility index (Phi) is 5.49. The summed E-state index contributed by atoms with van der Waals surface area (Å²) in [5, 5.41) is 10.3. The second-order valence-corrected chi connectivity index (χ2v) is 4.04. The van der Waals surface area contributed by atoms with Gasteiger partial charge in [-0.25, -0.2) is 8.42 Å². The third-order valence-corrected chi connectivity index (χ3v) is 2.69. The normalized spacial score (nSPS) is 9.75. The second-order valence-electron chi connectivity index (χ2n) is 2.46. The van der Waals surface area contributed by atoms with Crippen LogP contribution in [0.2, 0.25) is 0 Å². The van der Waals surface area contributed by atoms with E-state index in [2.05, 4.69) is 9.43 Å². The van der Waals surface area contributed by atoms with Crippen molar-refractivity contribution in [2.45, 2.75) is 4.90 Å². The molecule has 9 heteroatoms. The van der Waals surface area contributed by atoms with Crippen molar-refractivity contribution in [1.29, 1.82) is 0 Å². The molecule has 0 spiro atoms. The van der Waals surface area contributed by atoms with Crippen LogP contribution >= 0.6 is 0 Å². The molecular formula is C7H4N3NaO4S. The number of carbonyl (C=O) groups excluding carboxylic acids is 1. The number of rotatable bonds is 3. The largest absolute Gasteiger partial charge is 1.00 e. The average Bonchev–Trinajstić information content (AvgIpc) is 2.18. The molecule has 1 aromatic rings. The van der Waals surface area contributed by atoms with E-state index in [1.165, 1.54) is 0 Å². The number of hydrogen-bond acceptors (Lipinski definition) is 4. The molecule has 1 rings (SSSR count). The average molecular weight is 249 g/mol. The van der Waals surface area contributed by atoms with Crippen LogP contribution in [0.5, 0.6) is 0 Å². The fourth-order valence-corrected chi connectivity index (χ4v) is 1.53. The van der Waals surface area contributed by atoms with Crippen molar-refractivity contribution in [3.8, 4) is 0 Å². The zero-order chi connectivity index (χ0) is 11.5. The van der Waals surface area contributed by atoms with Crippen LogP contribution in [-0.2, 0) is 10.0 Å². The van der Waals surface area contributed by atoms with Gasteiger partial charge in [-0.2, -0.15) is 0 Å². The van der Waals surface area contributed by atoms with Gasteiger partial charge in [0.05, 0.1) is 10.9 Å². The minimum absolute atomic E-state index is 0. The molecule has 0 aromatic heterocycles. The standard InChI is InChI=1S/C7H5N3O4S.Na/c8-9-10-15(13,14)6-3-1-5(2-4-6)7(11)12;/h1-4H,(H,11,12);/q;+1/p-1. The molecule has 0 fully saturated rings. The van der Waals surface area contributed by atoms with E-state index in [4.69, 9.17) is 5.53 Å². The third-order valence-electron chi connectivity index (χ3n) is 1.53. The van der Waals surface area contributed by atoms with Gasteiger partial charge < -0.3 is 9.90 Å². The van der Waals surface area contributed by atoms with Gasteiger partial charge in [0.1, 0.15) is 0 Å². The van der Waals surface area contributed by atoms with E-state index in [0.717, 1.165) is 24.3 Å². The molecule has 0 aliphatic carbocycles. The van der Waals surface area contributed by atoms with Gasteiger partial charge in [0.15, 0.2) is 0 Å². The molecule has 0 aliphatic heterocycles. The van der Waals surface area contributed by atoms with Gasteiger partial charge in [-0.3, -0.25) is 0 Å². The first-order valence-corrected chi connectivity index (χ1v) is 5.04. The molecular weight excluding hydrogens is 245 g/mol. The van der Waals surface area contributed by atoms with E-state index >= 15 is 0 Å². The third kappa shape index (κ3) is 3.51. The van der Waals surface area contributed by atoms with Crippen molar-refractivity contribution < 1.29 is 47.9 Å². The summed E-state index contributed by atoms with van der Waals surface area (Å²) in [6, 6.07) is 4.15. The number of carbonyl (C=O) groups is 1. The molecule has 0 saturated carbocycles. The Morgan fingerprint density at radius 2 is 1.81 bits per heavy atom. The van der Waals surface area contributed by atoms with Crippen LogP contribution in [0.1, 0.15) is 10.4 Å². The SMILES string of the molecule is [N-]=[N+]=NS(=O)(=O)c1ccc(C(=O)[O-])cc1.[Na+]. The summed E-state index contributed by atoms with van der Waals surface area (Å²) in [5.41, 5.74) is 7.82. The van der Waals surface area contributed by atoms with E-state index in [0.29, 0.717) is 0 Å². The molecule has 0 unspecified atom stereocenters. The van der Waals surface area contributed by atoms with Crippen molar-refractivity contribution >= 4 is 16.0 Å². The van der Waals surface area contributed by atoms with Crippen LogP contribution in [0.15, 0.2) is 33.7 Å². The first-order valence-electron chi connectivity index (χ1n) is 3.60. The maximum Gasteiger partial charge on any atom is 1.00 e. The predicted octanol–water partition coefficient (Wildman–Crippen LogP) is -2.95. The molecule has 0 heterocycles. The van der Waals surface area contributed by atoms with E-state index in [9.17, 15) is 18.3 Å². The summed E-state index contributed by atoms with van der Waals surface area (Å²) >= 11 is 0. The fraction of sp³-hybridized carbons (Fsp3) is 0. The van der Waals surface area contributed by atoms with Gasteiger partial charge in [0, 0.05) is 9.43 Å². The van der Waals surface area contributed by atoms with Gasteiger partial charge in [0.2, 0.25) is 0 Å². The van der Waals surface area contributed by atoms with Crippen molar-refractivity contribution in [2.24, 2.45) is 4.52 Å². The number of sulfonamides is 1. The van der Waals surface area contributed by atoms with Crippen LogP contribution in [0, 0.1) is 0 Å². The van der Waals surface area contributed by atoms with Crippen LogP contribution in [0.3, 0.4) is 0 Å². The minimum Gasteiger partial charge on any atom is -0.545 e. The van der Waals surface area contributed by atoms with Gasteiger partial charge in [0.25, 0.3) is 10.0 Å². The summed E-state index contributed by atoms with van der Waals surface area (Å²) < 4.78 is 24.9. The number of benzene rings is 1. The van der Waals surface area contributed by atoms with Crippen molar-refractivity contribution in [1.82, 2.24) is 0 Å². The van der Waals surface area contributed by atoms with Crippen LogP contribution in [0.4, 0.5) is 0 Å². The van der Waals surface area contributed by atoms with Crippen molar-refractivity contribution in [2.75, 3.05) is 0 Å². The zero-order valence-electron chi connectivity index (χ0n) is 8.19. The fourth-order valence-electron chi connectivity index (χ4n) is 0.858. The monoisotopic (exact) mass is 249 g/mol. The Hall–Kier alpha value is -1.05. The number of hydrogen-bond donors (Lipinski definition) is 0. The minimum atomic E-state index is -4.06. The number of nitrogens with zero attached hydrogens (tertiary/aromatic N) is 3. The predicted molar refractivity (Wildman–Crippen MR) is 47.1 cm³/mol. The summed E-state index contributed by atoms with van der Waals surface area (Å²) in [6.45, 7) is 0. The molecule has 0 aliphatic rings. The zero-order valence-corrected chi connectivity index (χ0v) is 11.0. The number of aromatic carboxylic acids is 1.